The number of anilines is 2. The lowest BCUT2D eigenvalue weighted by molar-refractivity contribution is -0.139. The number of carboxylic acids is 1. The number of nitrogens with two attached hydrogens (primary N) is 1. The molecule has 0 spiro atoms. The van der Waals surface area contributed by atoms with E-state index in [-0.39, 0.29) is 18.4 Å². The maximum absolute atomic E-state index is 12.4. The van der Waals surface area contributed by atoms with Gasteiger partial charge in [0.25, 0.3) is 0 Å². The molecule has 1 amide bonds. The van der Waals surface area contributed by atoms with Crippen LogP contribution >= 0.6 is 0 Å². The Morgan fingerprint density at radius 2 is 2.00 bits per heavy atom. The fourth-order valence-electron chi connectivity index (χ4n) is 2.26. The molecule has 0 saturated heterocycles. The van der Waals surface area contributed by atoms with Gasteiger partial charge >= 0.3 is 5.97 Å². The summed E-state index contributed by atoms with van der Waals surface area (Å²) in [4.78, 5) is 24.7. The first kappa shape index (κ1) is 17.0. The summed E-state index contributed by atoms with van der Waals surface area (Å²) in [6.07, 6.45) is 0. The molecule has 1 rings (SSSR count). The van der Waals surface area contributed by atoms with Crippen LogP contribution < -0.4 is 11.1 Å². The zero-order chi connectivity index (χ0) is 16.2. The maximum atomic E-state index is 12.4. The number of aryl methyl sites for hydroxylation is 1. The van der Waals surface area contributed by atoms with E-state index in [0.29, 0.717) is 11.4 Å². The molecule has 1 atom stereocenters. The average molecular weight is 293 g/mol. The number of amides is 1. The number of aliphatic carboxylic acids is 1. The fraction of sp³-hybridized carbons (Fsp3) is 0.467. The molecule has 0 bridgehead atoms. The largest absolute Gasteiger partial charge is 0.480 e. The Bertz CT molecular complexity index is 529. The van der Waals surface area contributed by atoms with E-state index in [9.17, 15) is 9.59 Å². The van der Waals surface area contributed by atoms with E-state index in [0.717, 1.165) is 5.56 Å². The average Bonchev–Trinajstić information content (AvgIpc) is 2.32. The molecule has 0 aromatic heterocycles. The molecular weight excluding hydrogens is 270 g/mol. The van der Waals surface area contributed by atoms with Gasteiger partial charge in [0.1, 0.15) is 0 Å². The summed E-state index contributed by atoms with van der Waals surface area (Å²) in [6, 6.07) is 4.78. The Labute approximate surface area is 124 Å². The van der Waals surface area contributed by atoms with Crippen molar-refractivity contribution < 1.29 is 14.7 Å². The van der Waals surface area contributed by atoms with Crippen LogP contribution in [0.2, 0.25) is 0 Å². The topological polar surface area (TPSA) is 95.7 Å². The Morgan fingerprint density at radius 1 is 1.38 bits per heavy atom. The summed E-state index contributed by atoms with van der Waals surface area (Å²) in [5, 5.41) is 11.7. The lowest BCUT2D eigenvalue weighted by atomic mass is 10.0. The molecule has 0 aliphatic rings. The number of nitrogen functional groups attached to an aromatic ring is 1. The molecule has 0 aliphatic carbocycles. The molecule has 0 saturated carbocycles. The fourth-order valence-corrected chi connectivity index (χ4v) is 2.26. The summed E-state index contributed by atoms with van der Waals surface area (Å²) in [7, 11) is 1.63. The second-order valence-corrected chi connectivity index (χ2v) is 5.56. The molecule has 6 heteroatoms. The predicted octanol–water partition coefficient (Wildman–Crippen LogP) is 1.56. The number of nitrogens with one attached hydrogen (secondary N) is 1. The number of carboxylic acid groups (broad SMARTS) is 1. The minimum absolute atomic E-state index is 0.0165. The molecule has 1 unspecified atom stereocenters. The van der Waals surface area contributed by atoms with Crippen molar-refractivity contribution in [3.8, 4) is 0 Å². The normalized spacial score (nSPS) is 12.5. The second kappa shape index (κ2) is 7.08. The number of carbonyl (C=O) groups is 2. The van der Waals surface area contributed by atoms with Gasteiger partial charge in [0.05, 0.1) is 12.6 Å². The van der Waals surface area contributed by atoms with E-state index in [4.69, 9.17) is 10.8 Å². The van der Waals surface area contributed by atoms with Gasteiger partial charge in [-0.15, -0.1) is 0 Å². The van der Waals surface area contributed by atoms with E-state index in [1.54, 1.807) is 19.2 Å². The van der Waals surface area contributed by atoms with Crippen molar-refractivity contribution in [1.82, 2.24) is 4.90 Å². The molecule has 116 valence electrons. The minimum Gasteiger partial charge on any atom is -0.480 e. The number of rotatable bonds is 6. The number of nitrogens with zero attached hydrogens (tertiary/aromatic N) is 1. The van der Waals surface area contributed by atoms with Crippen LogP contribution in [0.1, 0.15) is 19.4 Å². The first-order valence-electron chi connectivity index (χ1n) is 6.81. The zero-order valence-electron chi connectivity index (χ0n) is 12.9. The van der Waals surface area contributed by atoms with Crippen LogP contribution in [0.4, 0.5) is 11.4 Å². The van der Waals surface area contributed by atoms with Crippen molar-refractivity contribution in [3.05, 3.63) is 23.8 Å². The standard InChI is InChI=1S/C15H23N3O3/c1-9(2)14(18(4)8-13(19)20)15(21)17-11-6-5-10(3)12(16)7-11/h5-7,9,14H,8,16H2,1-4H3,(H,17,21)(H,19,20). The van der Waals surface area contributed by atoms with E-state index in [1.807, 2.05) is 26.8 Å². The molecule has 0 radical (unpaired) electrons. The summed E-state index contributed by atoms with van der Waals surface area (Å²) >= 11 is 0. The number of benzene rings is 1. The summed E-state index contributed by atoms with van der Waals surface area (Å²) in [5.41, 5.74) is 7.97. The predicted molar refractivity (Wildman–Crippen MR) is 83.1 cm³/mol. The van der Waals surface area contributed by atoms with Crippen LogP contribution in [0.15, 0.2) is 18.2 Å². The number of hydrogen-bond acceptors (Lipinski definition) is 4. The quantitative estimate of drug-likeness (QED) is 0.692. The second-order valence-electron chi connectivity index (χ2n) is 5.56. The zero-order valence-corrected chi connectivity index (χ0v) is 12.9. The molecule has 6 nitrogen and oxygen atoms in total. The van der Waals surface area contributed by atoms with Crippen molar-refractivity contribution in [1.29, 1.82) is 0 Å². The van der Waals surface area contributed by atoms with Crippen molar-refractivity contribution in [2.24, 2.45) is 5.92 Å². The van der Waals surface area contributed by atoms with Gasteiger partial charge in [0.15, 0.2) is 0 Å². The third-order valence-electron chi connectivity index (χ3n) is 3.31. The van der Waals surface area contributed by atoms with E-state index < -0.39 is 12.0 Å². The number of hydrogen-bond donors (Lipinski definition) is 3. The molecule has 0 aliphatic heterocycles. The van der Waals surface area contributed by atoms with Crippen LogP contribution in [0.25, 0.3) is 0 Å². The lowest BCUT2D eigenvalue weighted by Gasteiger charge is -2.28. The van der Waals surface area contributed by atoms with Crippen LogP contribution in [-0.2, 0) is 9.59 Å². The number of likely N-dealkylation sites (N-methyl/N-ethyl adjacent to an activating group) is 1. The Kier molecular flexibility index (Phi) is 5.72. The highest BCUT2D eigenvalue weighted by atomic mass is 16.4. The monoisotopic (exact) mass is 293 g/mol. The highest BCUT2D eigenvalue weighted by molar-refractivity contribution is 5.95. The van der Waals surface area contributed by atoms with Gasteiger partial charge in [-0.25, -0.2) is 0 Å². The van der Waals surface area contributed by atoms with Gasteiger partial charge in [-0.2, -0.15) is 0 Å². The van der Waals surface area contributed by atoms with E-state index >= 15 is 0 Å². The van der Waals surface area contributed by atoms with Crippen LogP contribution in [0.3, 0.4) is 0 Å². The highest BCUT2D eigenvalue weighted by Crippen LogP contribution is 2.18. The maximum Gasteiger partial charge on any atom is 0.317 e. The van der Waals surface area contributed by atoms with E-state index in [2.05, 4.69) is 5.32 Å². The van der Waals surface area contributed by atoms with Crippen molar-refractivity contribution >= 4 is 23.3 Å². The van der Waals surface area contributed by atoms with Crippen LogP contribution in [0.5, 0.6) is 0 Å². The van der Waals surface area contributed by atoms with Gasteiger partial charge in [0.2, 0.25) is 5.91 Å². The molecule has 4 N–H and O–H groups in total. The molecule has 1 aromatic carbocycles. The molecule has 21 heavy (non-hydrogen) atoms. The smallest absolute Gasteiger partial charge is 0.317 e. The van der Waals surface area contributed by atoms with Gasteiger partial charge in [0, 0.05) is 11.4 Å². The van der Waals surface area contributed by atoms with Crippen molar-refractivity contribution in [3.63, 3.8) is 0 Å². The molecule has 0 heterocycles. The summed E-state index contributed by atoms with van der Waals surface area (Å²) < 4.78 is 0. The lowest BCUT2D eigenvalue weighted by Crippen LogP contribution is -2.47. The first-order chi connectivity index (χ1) is 9.72. The Hall–Kier alpha value is -2.08. The van der Waals surface area contributed by atoms with Crippen molar-refractivity contribution in [2.75, 3.05) is 24.6 Å². The summed E-state index contributed by atoms with van der Waals surface area (Å²) in [5.74, 6) is -1.22. The number of carbonyl (C=O) groups excluding carboxylic acids is 1. The van der Waals surface area contributed by atoms with Gasteiger partial charge in [-0.3, -0.25) is 14.5 Å². The van der Waals surface area contributed by atoms with Gasteiger partial charge in [-0.05, 0) is 37.6 Å². The van der Waals surface area contributed by atoms with Gasteiger partial charge in [-0.1, -0.05) is 19.9 Å². The van der Waals surface area contributed by atoms with E-state index in [1.165, 1.54) is 4.90 Å². The van der Waals surface area contributed by atoms with Crippen molar-refractivity contribution in [2.45, 2.75) is 26.8 Å². The highest BCUT2D eigenvalue weighted by Gasteiger charge is 2.27. The van der Waals surface area contributed by atoms with Crippen LogP contribution in [0, 0.1) is 12.8 Å². The minimum atomic E-state index is -0.962. The Balaban J connectivity index is 2.86. The van der Waals surface area contributed by atoms with Gasteiger partial charge < -0.3 is 16.2 Å². The Morgan fingerprint density at radius 3 is 2.48 bits per heavy atom. The summed E-state index contributed by atoms with van der Waals surface area (Å²) in [6.45, 7) is 5.46. The van der Waals surface area contributed by atoms with Crippen LogP contribution in [-0.4, -0.2) is 41.5 Å². The third kappa shape index (κ3) is 4.75. The third-order valence-corrected chi connectivity index (χ3v) is 3.31. The molecule has 1 aromatic rings. The molecular formula is C15H23N3O3. The molecule has 0 fully saturated rings. The first-order valence-corrected chi connectivity index (χ1v) is 6.81. The SMILES string of the molecule is Cc1ccc(NC(=O)C(C(C)C)N(C)CC(=O)O)cc1N.